The van der Waals surface area contributed by atoms with Crippen LogP contribution in [-0.4, -0.2) is 41.8 Å². The van der Waals surface area contributed by atoms with Gasteiger partial charge in [0, 0.05) is 30.8 Å². The van der Waals surface area contributed by atoms with Crippen LogP contribution < -0.4 is 10.6 Å². The standard InChI is InChI=1S/C28H28FN3O3/c29-24-13-7-12-23(18-24)28(35)32-16-14-21(15-17-32)25(31-26(33)22-10-5-2-6-11-22)27(34)30-19-20-8-3-1-4-9-20/h1-13,18,21,25H,14-17,19H2,(H,30,34)(H,31,33)/t25-/m0/s1. The molecule has 2 N–H and O–H groups in total. The highest BCUT2D eigenvalue weighted by molar-refractivity contribution is 5.97. The van der Waals surface area contributed by atoms with E-state index in [1.807, 2.05) is 36.4 Å². The van der Waals surface area contributed by atoms with Crippen LogP contribution in [0.25, 0.3) is 0 Å². The minimum atomic E-state index is -0.738. The molecule has 1 saturated heterocycles. The van der Waals surface area contributed by atoms with Crippen LogP contribution in [-0.2, 0) is 11.3 Å². The molecule has 7 heteroatoms. The number of carbonyl (C=O) groups is 3. The molecule has 0 unspecified atom stereocenters. The lowest BCUT2D eigenvalue weighted by Crippen LogP contribution is -2.53. The summed E-state index contributed by atoms with van der Waals surface area (Å²) >= 11 is 0. The molecule has 3 amide bonds. The number of halogens is 1. The average molecular weight is 474 g/mol. The molecule has 35 heavy (non-hydrogen) atoms. The second-order valence-corrected chi connectivity index (χ2v) is 8.66. The number of benzene rings is 3. The number of hydrogen-bond donors (Lipinski definition) is 2. The molecule has 1 fully saturated rings. The first-order valence-corrected chi connectivity index (χ1v) is 11.7. The largest absolute Gasteiger partial charge is 0.350 e. The maximum Gasteiger partial charge on any atom is 0.253 e. The molecular weight excluding hydrogens is 445 g/mol. The van der Waals surface area contributed by atoms with Gasteiger partial charge < -0.3 is 15.5 Å². The summed E-state index contributed by atoms with van der Waals surface area (Å²) in [5.74, 6) is -1.40. The van der Waals surface area contributed by atoms with Crippen molar-refractivity contribution < 1.29 is 18.8 Å². The molecule has 3 aromatic carbocycles. The zero-order valence-electron chi connectivity index (χ0n) is 19.3. The van der Waals surface area contributed by atoms with Crippen LogP contribution in [0.4, 0.5) is 4.39 Å². The van der Waals surface area contributed by atoms with E-state index in [-0.39, 0.29) is 23.6 Å². The minimum absolute atomic E-state index is 0.144. The van der Waals surface area contributed by atoms with Gasteiger partial charge in [0.25, 0.3) is 11.8 Å². The SMILES string of the molecule is O=C(N[C@H](C(=O)NCc1ccccc1)C1CCN(C(=O)c2cccc(F)c2)CC1)c1ccccc1. The minimum Gasteiger partial charge on any atom is -0.350 e. The van der Waals surface area contributed by atoms with Crippen molar-refractivity contribution in [1.82, 2.24) is 15.5 Å². The predicted octanol–water partition coefficient (Wildman–Crippen LogP) is 3.79. The fourth-order valence-corrected chi connectivity index (χ4v) is 4.35. The number of nitrogens with zero attached hydrogens (tertiary/aromatic N) is 1. The van der Waals surface area contributed by atoms with Gasteiger partial charge >= 0.3 is 0 Å². The van der Waals surface area contributed by atoms with Crippen molar-refractivity contribution >= 4 is 17.7 Å². The summed E-state index contributed by atoms with van der Waals surface area (Å²) in [5.41, 5.74) is 1.74. The Kier molecular flexibility index (Phi) is 7.88. The smallest absolute Gasteiger partial charge is 0.253 e. The van der Waals surface area contributed by atoms with Crippen LogP contribution >= 0.6 is 0 Å². The average Bonchev–Trinajstić information content (AvgIpc) is 2.91. The Morgan fingerprint density at radius 3 is 2.14 bits per heavy atom. The third-order valence-corrected chi connectivity index (χ3v) is 6.28. The third kappa shape index (κ3) is 6.32. The van der Waals surface area contributed by atoms with E-state index >= 15 is 0 Å². The van der Waals surface area contributed by atoms with Crippen LogP contribution in [0.1, 0.15) is 39.1 Å². The second kappa shape index (κ2) is 11.4. The fourth-order valence-electron chi connectivity index (χ4n) is 4.35. The van der Waals surface area contributed by atoms with E-state index in [0.29, 0.717) is 43.6 Å². The zero-order valence-corrected chi connectivity index (χ0v) is 19.3. The Labute approximate surface area is 204 Å². The van der Waals surface area contributed by atoms with Crippen LogP contribution in [0.15, 0.2) is 84.9 Å². The normalized spacial score (nSPS) is 14.7. The summed E-state index contributed by atoms with van der Waals surface area (Å²) in [6, 6.07) is 23.3. The van der Waals surface area contributed by atoms with Crippen molar-refractivity contribution in [2.75, 3.05) is 13.1 Å². The quantitative estimate of drug-likeness (QED) is 0.548. The van der Waals surface area contributed by atoms with Crippen molar-refractivity contribution in [2.45, 2.75) is 25.4 Å². The Morgan fingerprint density at radius 2 is 1.49 bits per heavy atom. The lowest BCUT2D eigenvalue weighted by Gasteiger charge is -2.36. The monoisotopic (exact) mass is 473 g/mol. The lowest BCUT2D eigenvalue weighted by molar-refractivity contribution is -0.124. The van der Waals surface area contributed by atoms with Crippen molar-refractivity contribution in [3.8, 4) is 0 Å². The van der Waals surface area contributed by atoms with Gasteiger partial charge in [-0.15, -0.1) is 0 Å². The highest BCUT2D eigenvalue weighted by Gasteiger charge is 2.34. The topological polar surface area (TPSA) is 78.5 Å². The van der Waals surface area contributed by atoms with Crippen molar-refractivity contribution in [1.29, 1.82) is 0 Å². The van der Waals surface area contributed by atoms with Crippen LogP contribution in [0.5, 0.6) is 0 Å². The molecule has 0 radical (unpaired) electrons. The molecule has 3 aromatic rings. The van der Waals surface area contributed by atoms with E-state index in [0.717, 1.165) is 5.56 Å². The van der Waals surface area contributed by atoms with Gasteiger partial charge in [0.2, 0.25) is 5.91 Å². The van der Waals surface area contributed by atoms with E-state index in [9.17, 15) is 18.8 Å². The summed E-state index contributed by atoms with van der Waals surface area (Å²) in [6.45, 7) is 1.20. The van der Waals surface area contributed by atoms with E-state index < -0.39 is 11.9 Å². The molecular formula is C28H28FN3O3. The number of nitrogens with one attached hydrogen (secondary N) is 2. The summed E-state index contributed by atoms with van der Waals surface area (Å²) < 4.78 is 13.6. The molecule has 1 aliphatic rings. The number of likely N-dealkylation sites (tertiary alicyclic amines) is 1. The van der Waals surface area contributed by atoms with E-state index in [1.165, 1.54) is 18.2 Å². The van der Waals surface area contributed by atoms with Crippen LogP contribution in [0.2, 0.25) is 0 Å². The van der Waals surface area contributed by atoms with Gasteiger partial charge in [-0.2, -0.15) is 0 Å². The first kappa shape index (κ1) is 24.1. The Morgan fingerprint density at radius 1 is 0.857 bits per heavy atom. The fraction of sp³-hybridized carbons (Fsp3) is 0.250. The van der Waals surface area contributed by atoms with Gasteiger partial charge in [0.1, 0.15) is 11.9 Å². The summed E-state index contributed by atoms with van der Waals surface area (Å²) in [5, 5.41) is 5.86. The van der Waals surface area contributed by atoms with Crippen LogP contribution in [0, 0.1) is 11.7 Å². The lowest BCUT2D eigenvalue weighted by atomic mass is 9.88. The third-order valence-electron chi connectivity index (χ3n) is 6.28. The number of piperidine rings is 1. The van der Waals surface area contributed by atoms with Gasteiger partial charge in [0.05, 0.1) is 0 Å². The first-order valence-electron chi connectivity index (χ1n) is 11.7. The maximum absolute atomic E-state index is 13.6. The van der Waals surface area contributed by atoms with Crippen molar-refractivity contribution in [3.05, 3.63) is 107 Å². The Balaban J connectivity index is 1.44. The number of amides is 3. The molecule has 0 saturated carbocycles. The van der Waals surface area contributed by atoms with Gasteiger partial charge in [-0.1, -0.05) is 54.6 Å². The van der Waals surface area contributed by atoms with E-state index in [1.54, 1.807) is 35.2 Å². The number of hydrogen-bond acceptors (Lipinski definition) is 3. The van der Waals surface area contributed by atoms with Gasteiger partial charge in [-0.25, -0.2) is 4.39 Å². The molecule has 0 bridgehead atoms. The summed E-state index contributed by atoms with van der Waals surface area (Å²) in [7, 11) is 0. The van der Waals surface area contributed by atoms with Crippen molar-refractivity contribution in [3.63, 3.8) is 0 Å². The molecule has 0 spiro atoms. The molecule has 4 rings (SSSR count). The molecule has 0 aromatic heterocycles. The molecule has 1 aliphatic heterocycles. The van der Waals surface area contributed by atoms with Crippen LogP contribution in [0.3, 0.4) is 0 Å². The summed E-state index contributed by atoms with van der Waals surface area (Å²) in [6.07, 6.45) is 1.08. The van der Waals surface area contributed by atoms with E-state index in [2.05, 4.69) is 10.6 Å². The molecule has 0 aliphatic carbocycles. The van der Waals surface area contributed by atoms with Crippen molar-refractivity contribution in [2.24, 2.45) is 5.92 Å². The first-order chi connectivity index (χ1) is 17.0. The Hall–Kier alpha value is -4.00. The molecule has 6 nitrogen and oxygen atoms in total. The van der Waals surface area contributed by atoms with Gasteiger partial charge in [0.15, 0.2) is 0 Å². The predicted molar refractivity (Wildman–Crippen MR) is 131 cm³/mol. The molecule has 1 atom stereocenters. The molecule has 1 heterocycles. The highest BCUT2D eigenvalue weighted by Crippen LogP contribution is 2.23. The maximum atomic E-state index is 13.6. The number of carbonyl (C=O) groups excluding carboxylic acids is 3. The molecule has 180 valence electrons. The number of rotatable bonds is 7. The summed E-state index contributed by atoms with van der Waals surface area (Å²) in [4.78, 5) is 40.5. The highest BCUT2D eigenvalue weighted by atomic mass is 19.1. The van der Waals surface area contributed by atoms with Gasteiger partial charge in [-0.05, 0) is 54.7 Å². The zero-order chi connectivity index (χ0) is 24.6. The van der Waals surface area contributed by atoms with E-state index in [4.69, 9.17) is 0 Å². The second-order valence-electron chi connectivity index (χ2n) is 8.66. The van der Waals surface area contributed by atoms with Gasteiger partial charge in [-0.3, -0.25) is 14.4 Å². The Bertz CT molecular complexity index is 1160.